The molecule has 1 saturated heterocycles. The highest BCUT2D eigenvalue weighted by atomic mass is 35.5. The highest BCUT2D eigenvalue weighted by Gasteiger charge is 2.67. The van der Waals surface area contributed by atoms with Gasteiger partial charge in [-0.25, -0.2) is 0 Å². The molecule has 1 N–H and O–H groups in total. The Morgan fingerprint density at radius 2 is 1.77 bits per heavy atom. The topological polar surface area (TPSA) is 66.5 Å². The minimum absolute atomic E-state index is 0.176. The summed E-state index contributed by atoms with van der Waals surface area (Å²) in [7, 11) is 0. The number of hydrogen-bond donors (Lipinski definition) is 1. The van der Waals surface area contributed by atoms with Crippen LogP contribution in [-0.4, -0.2) is 29.2 Å². The number of carbonyl (C=O) groups is 3. The number of amides is 3. The number of aryl methyl sites for hydroxylation is 1. The Labute approximate surface area is 156 Å². The van der Waals surface area contributed by atoms with Gasteiger partial charge >= 0.3 is 0 Å². The van der Waals surface area contributed by atoms with Gasteiger partial charge in [-0.1, -0.05) is 29.8 Å². The van der Waals surface area contributed by atoms with Crippen LogP contribution in [0.5, 0.6) is 0 Å². The predicted molar refractivity (Wildman–Crippen MR) is 96.2 cm³/mol. The van der Waals surface area contributed by atoms with Gasteiger partial charge in [0.15, 0.2) is 0 Å². The lowest BCUT2D eigenvalue weighted by Gasteiger charge is -2.37. The van der Waals surface area contributed by atoms with Gasteiger partial charge in [-0.3, -0.25) is 19.3 Å². The van der Waals surface area contributed by atoms with Gasteiger partial charge in [-0.05, 0) is 54.7 Å². The van der Waals surface area contributed by atoms with Gasteiger partial charge in [-0.2, -0.15) is 0 Å². The van der Waals surface area contributed by atoms with Crippen molar-refractivity contribution >= 4 is 35.0 Å². The monoisotopic (exact) mass is 370 g/mol. The summed E-state index contributed by atoms with van der Waals surface area (Å²) in [5, 5.41) is 3.29. The zero-order valence-electron chi connectivity index (χ0n) is 14.3. The fraction of sp³-hybridized carbons (Fsp3) is 0.450. The summed E-state index contributed by atoms with van der Waals surface area (Å²) >= 11 is 6.08. The molecule has 5 nitrogen and oxygen atoms in total. The number of nitrogens with one attached hydrogen (secondary N) is 1. The number of rotatable bonds is 3. The van der Waals surface area contributed by atoms with Crippen molar-refractivity contribution in [2.24, 2.45) is 35.5 Å². The third kappa shape index (κ3) is 2.19. The summed E-state index contributed by atoms with van der Waals surface area (Å²) < 4.78 is 0. The molecule has 3 amide bonds. The number of imide groups is 1. The molecule has 4 aliphatic carbocycles. The van der Waals surface area contributed by atoms with E-state index in [1.807, 2.05) is 13.0 Å². The van der Waals surface area contributed by atoms with Crippen molar-refractivity contribution in [2.45, 2.75) is 13.3 Å². The van der Waals surface area contributed by atoms with E-state index in [2.05, 4.69) is 17.5 Å². The molecule has 134 valence electrons. The molecule has 1 aromatic rings. The van der Waals surface area contributed by atoms with E-state index in [1.54, 1.807) is 12.1 Å². The SMILES string of the molecule is Cc1ccc(NC(=O)CN2C(=O)[C@@H]3[C@@H]4C=C[C@H]([C@H]5C[C@H]45)[C@@H]3C2=O)cc1Cl. The van der Waals surface area contributed by atoms with Crippen LogP contribution in [0.15, 0.2) is 30.4 Å². The molecular weight excluding hydrogens is 352 g/mol. The van der Waals surface area contributed by atoms with Gasteiger partial charge in [0, 0.05) is 10.7 Å². The van der Waals surface area contributed by atoms with Crippen LogP contribution in [0, 0.1) is 42.4 Å². The summed E-state index contributed by atoms with van der Waals surface area (Å²) in [5.41, 5.74) is 1.48. The maximum Gasteiger partial charge on any atom is 0.244 e. The minimum atomic E-state index is -0.379. The van der Waals surface area contributed by atoms with Gasteiger partial charge in [0.25, 0.3) is 0 Å². The molecule has 0 aromatic heterocycles. The van der Waals surface area contributed by atoms with Crippen LogP contribution >= 0.6 is 11.6 Å². The number of allylic oxidation sites excluding steroid dienone is 2. The van der Waals surface area contributed by atoms with Gasteiger partial charge in [0.1, 0.15) is 6.54 Å². The van der Waals surface area contributed by atoms with Crippen molar-refractivity contribution in [3.05, 3.63) is 40.9 Å². The van der Waals surface area contributed by atoms with Crippen molar-refractivity contribution < 1.29 is 14.4 Å². The first-order valence-corrected chi connectivity index (χ1v) is 9.43. The molecule has 5 aliphatic rings. The first kappa shape index (κ1) is 16.1. The van der Waals surface area contributed by atoms with E-state index in [1.165, 1.54) is 0 Å². The number of benzene rings is 1. The molecule has 0 spiro atoms. The average Bonchev–Trinajstić information content (AvgIpc) is 3.39. The Morgan fingerprint density at radius 3 is 2.35 bits per heavy atom. The van der Waals surface area contributed by atoms with Crippen molar-refractivity contribution in [3.63, 3.8) is 0 Å². The largest absolute Gasteiger partial charge is 0.324 e. The molecule has 1 heterocycles. The summed E-state index contributed by atoms with van der Waals surface area (Å²) in [6.45, 7) is 1.65. The van der Waals surface area contributed by atoms with Crippen molar-refractivity contribution in [1.29, 1.82) is 0 Å². The van der Waals surface area contributed by atoms with Crippen molar-refractivity contribution in [2.75, 3.05) is 11.9 Å². The Morgan fingerprint density at radius 1 is 1.15 bits per heavy atom. The first-order valence-electron chi connectivity index (χ1n) is 9.05. The van der Waals surface area contributed by atoms with Crippen LogP contribution in [0.1, 0.15) is 12.0 Å². The Kier molecular flexibility index (Phi) is 3.35. The molecule has 0 unspecified atom stereocenters. The Bertz CT molecular complexity index is 844. The van der Waals surface area contributed by atoms with Crippen LogP contribution in [0.25, 0.3) is 0 Å². The van der Waals surface area contributed by atoms with Gasteiger partial charge in [-0.15, -0.1) is 0 Å². The fourth-order valence-electron chi connectivity index (χ4n) is 5.19. The average molecular weight is 371 g/mol. The molecule has 26 heavy (non-hydrogen) atoms. The van der Waals surface area contributed by atoms with Crippen molar-refractivity contribution in [1.82, 2.24) is 4.90 Å². The Hall–Kier alpha value is -2.14. The molecule has 0 radical (unpaired) electrons. The fourth-order valence-corrected chi connectivity index (χ4v) is 5.37. The minimum Gasteiger partial charge on any atom is -0.324 e. The predicted octanol–water partition coefficient (Wildman–Crippen LogP) is 2.64. The molecule has 6 rings (SSSR count). The van der Waals surface area contributed by atoms with Crippen LogP contribution in [0.4, 0.5) is 5.69 Å². The van der Waals surface area contributed by atoms with E-state index in [0.29, 0.717) is 22.5 Å². The summed E-state index contributed by atoms with van der Waals surface area (Å²) in [4.78, 5) is 39.3. The highest BCUT2D eigenvalue weighted by Crippen LogP contribution is 2.65. The van der Waals surface area contributed by atoms with E-state index >= 15 is 0 Å². The lowest BCUT2D eigenvalue weighted by Crippen LogP contribution is -2.40. The second-order valence-corrected chi connectivity index (χ2v) is 8.34. The molecule has 3 fully saturated rings. The Balaban J connectivity index is 1.32. The molecule has 1 aromatic carbocycles. The standard InChI is InChI=1S/C20H19ClN2O3/c1-9-2-3-10(6-15(9)21)22-16(24)8-23-19(25)17-11-4-5-12(14-7-13(11)14)18(17)20(23)26/h2-6,11-14,17-18H,7-8H2,1H3,(H,22,24)/t11-,12-,13-,14-,17-,18+/m1/s1. The maximum absolute atomic E-state index is 12.9. The number of carbonyl (C=O) groups excluding carboxylic acids is 3. The second-order valence-electron chi connectivity index (χ2n) is 7.93. The quantitative estimate of drug-likeness (QED) is 0.657. The number of halogens is 1. The zero-order chi connectivity index (χ0) is 18.2. The molecular formula is C20H19ClN2O3. The molecule has 6 heteroatoms. The number of likely N-dealkylation sites (tertiary alicyclic amines) is 1. The van der Waals surface area contributed by atoms with Crippen molar-refractivity contribution in [3.8, 4) is 0 Å². The molecule has 6 atom stereocenters. The third-order valence-corrected chi connectivity index (χ3v) is 6.92. The van der Waals surface area contributed by atoms with E-state index in [-0.39, 0.29) is 47.9 Å². The third-order valence-electron chi connectivity index (χ3n) is 6.51. The lowest BCUT2D eigenvalue weighted by atomic mass is 9.63. The number of anilines is 1. The molecule has 1 aliphatic heterocycles. The maximum atomic E-state index is 12.9. The smallest absolute Gasteiger partial charge is 0.244 e. The van der Waals surface area contributed by atoms with E-state index in [0.717, 1.165) is 16.9 Å². The summed E-state index contributed by atoms with van der Waals surface area (Å²) in [6.07, 6.45) is 5.39. The van der Waals surface area contributed by atoms with Crippen LogP contribution < -0.4 is 5.32 Å². The lowest BCUT2D eigenvalue weighted by molar-refractivity contribution is -0.142. The van der Waals surface area contributed by atoms with Gasteiger partial charge in [0.05, 0.1) is 11.8 Å². The van der Waals surface area contributed by atoms with Crippen LogP contribution in [0.3, 0.4) is 0 Å². The number of hydrogen-bond acceptors (Lipinski definition) is 3. The van der Waals surface area contributed by atoms with Gasteiger partial charge in [0.2, 0.25) is 17.7 Å². The van der Waals surface area contributed by atoms with E-state index in [9.17, 15) is 14.4 Å². The number of nitrogens with zero attached hydrogens (tertiary/aromatic N) is 1. The van der Waals surface area contributed by atoms with E-state index < -0.39 is 0 Å². The second kappa shape index (κ2) is 5.43. The zero-order valence-corrected chi connectivity index (χ0v) is 15.1. The normalized spacial score (nSPS) is 36.2. The summed E-state index contributed by atoms with van der Waals surface area (Å²) in [6, 6.07) is 5.23. The molecule has 2 saturated carbocycles. The summed E-state index contributed by atoms with van der Waals surface area (Å²) in [5.74, 6) is 0.217. The molecule has 2 bridgehead atoms. The van der Waals surface area contributed by atoms with E-state index in [4.69, 9.17) is 11.6 Å². The van der Waals surface area contributed by atoms with Crippen LogP contribution in [0.2, 0.25) is 5.02 Å². The van der Waals surface area contributed by atoms with Gasteiger partial charge < -0.3 is 5.32 Å². The highest BCUT2D eigenvalue weighted by molar-refractivity contribution is 6.31. The van der Waals surface area contributed by atoms with Crippen LogP contribution in [-0.2, 0) is 14.4 Å². The first-order chi connectivity index (χ1) is 12.5.